The van der Waals surface area contributed by atoms with Gasteiger partial charge < -0.3 is 20.5 Å². The number of nitrogens with one attached hydrogen (secondary N) is 2. The average Bonchev–Trinajstić information content (AvgIpc) is 2.39. The lowest BCUT2D eigenvalue weighted by Crippen LogP contribution is -2.44. The highest BCUT2D eigenvalue weighted by molar-refractivity contribution is 5.97. The molecule has 1 atom stereocenters. The zero-order chi connectivity index (χ0) is 15.1. The lowest BCUT2D eigenvalue weighted by Gasteiger charge is -2.19. The molecule has 6 nitrogen and oxygen atoms in total. The van der Waals surface area contributed by atoms with Crippen LogP contribution in [-0.2, 0) is 9.53 Å². The van der Waals surface area contributed by atoms with Gasteiger partial charge in [-0.05, 0) is 24.5 Å². The van der Waals surface area contributed by atoms with Crippen LogP contribution in [0.25, 0.3) is 0 Å². The van der Waals surface area contributed by atoms with Gasteiger partial charge in [0.05, 0.1) is 12.8 Å². The minimum Gasteiger partial charge on any atom is -0.506 e. The van der Waals surface area contributed by atoms with E-state index in [1.165, 1.54) is 13.2 Å². The number of aromatic hydroxyl groups is 1. The molecule has 1 aromatic rings. The monoisotopic (exact) mass is 280 g/mol. The van der Waals surface area contributed by atoms with Crippen LogP contribution in [-0.4, -0.2) is 30.3 Å². The van der Waals surface area contributed by atoms with Gasteiger partial charge in [0.1, 0.15) is 11.8 Å². The molecule has 0 bridgehead atoms. The number of rotatable bonds is 5. The van der Waals surface area contributed by atoms with Crippen LogP contribution < -0.4 is 10.6 Å². The molecule has 0 heterocycles. The predicted octanol–water partition coefficient (Wildman–Crippen LogP) is 2.10. The van der Waals surface area contributed by atoms with Gasteiger partial charge in [0.25, 0.3) is 0 Å². The van der Waals surface area contributed by atoms with Crippen molar-refractivity contribution < 1.29 is 19.4 Å². The van der Waals surface area contributed by atoms with Gasteiger partial charge in [0.15, 0.2) is 0 Å². The highest BCUT2D eigenvalue weighted by atomic mass is 16.5. The standard InChI is InChI=1S/C14H20N2O4/c1-9(2)8-11(16-14(19)20-3)13(18)15-10-6-4-5-7-12(10)17/h4-7,9,11,17H,8H2,1-3H3,(H,15,18)(H,16,19). The summed E-state index contributed by atoms with van der Waals surface area (Å²) in [6.07, 6.45) is -0.197. The first-order valence-corrected chi connectivity index (χ1v) is 6.37. The fourth-order valence-corrected chi connectivity index (χ4v) is 1.70. The number of anilines is 1. The van der Waals surface area contributed by atoms with Gasteiger partial charge in [-0.2, -0.15) is 0 Å². The number of ether oxygens (including phenoxy) is 1. The minimum absolute atomic E-state index is 0.0257. The number of para-hydroxylation sites is 2. The van der Waals surface area contributed by atoms with E-state index in [9.17, 15) is 14.7 Å². The third-order valence-corrected chi connectivity index (χ3v) is 2.66. The fraction of sp³-hybridized carbons (Fsp3) is 0.429. The van der Waals surface area contributed by atoms with Crippen LogP contribution in [0.15, 0.2) is 24.3 Å². The van der Waals surface area contributed by atoms with Crippen molar-refractivity contribution in [3.05, 3.63) is 24.3 Å². The molecule has 0 fully saturated rings. The van der Waals surface area contributed by atoms with Gasteiger partial charge >= 0.3 is 6.09 Å². The summed E-state index contributed by atoms with van der Waals surface area (Å²) in [6.45, 7) is 3.89. The van der Waals surface area contributed by atoms with Crippen LogP contribution in [0.2, 0.25) is 0 Å². The fourth-order valence-electron chi connectivity index (χ4n) is 1.70. The highest BCUT2D eigenvalue weighted by Crippen LogP contribution is 2.22. The molecular formula is C14H20N2O4. The zero-order valence-electron chi connectivity index (χ0n) is 11.8. The topological polar surface area (TPSA) is 87.7 Å². The first-order chi connectivity index (χ1) is 9.43. The summed E-state index contributed by atoms with van der Waals surface area (Å²) in [5, 5.41) is 14.7. The van der Waals surface area contributed by atoms with E-state index in [4.69, 9.17) is 0 Å². The van der Waals surface area contributed by atoms with E-state index in [2.05, 4.69) is 15.4 Å². The summed E-state index contributed by atoms with van der Waals surface area (Å²) in [5.41, 5.74) is 0.304. The van der Waals surface area contributed by atoms with E-state index in [0.29, 0.717) is 12.1 Å². The van der Waals surface area contributed by atoms with E-state index in [-0.39, 0.29) is 11.7 Å². The Kier molecular flexibility index (Phi) is 5.83. The molecule has 2 amide bonds. The first-order valence-electron chi connectivity index (χ1n) is 6.37. The van der Waals surface area contributed by atoms with Gasteiger partial charge in [-0.25, -0.2) is 4.79 Å². The van der Waals surface area contributed by atoms with Crippen molar-refractivity contribution in [3.8, 4) is 5.75 Å². The molecule has 0 saturated carbocycles. The number of phenols is 1. The number of carbonyl (C=O) groups excluding carboxylic acids is 2. The molecule has 0 spiro atoms. The second-order valence-corrected chi connectivity index (χ2v) is 4.82. The largest absolute Gasteiger partial charge is 0.506 e. The maximum Gasteiger partial charge on any atom is 0.407 e. The summed E-state index contributed by atoms with van der Waals surface area (Å²) in [6, 6.07) is 5.68. The smallest absolute Gasteiger partial charge is 0.407 e. The van der Waals surface area contributed by atoms with Crippen molar-refractivity contribution in [3.63, 3.8) is 0 Å². The third kappa shape index (κ3) is 4.79. The Hall–Kier alpha value is -2.24. The lowest BCUT2D eigenvalue weighted by atomic mass is 10.0. The number of carbonyl (C=O) groups is 2. The summed E-state index contributed by atoms with van der Waals surface area (Å²) < 4.78 is 4.51. The Balaban J connectivity index is 2.77. The molecular weight excluding hydrogens is 260 g/mol. The van der Waals surface area contributed by atoms with Crippen LogP contribution in [0.3, 0.4) is 0 Å². The minimum atomic E-state index is -0.720. The molecule has 1 rings (SSSR count). The molecule has 0 aromatic heterocycles. The summed E-state index contributed by atoms with van der Waals surface area (Å²) in [5.74, 6) is -0.208. The van der Waals surface area contributed by atoms with Crippen molar-refractivity contribution in [1.82, 2.24) is 5.32 Å². The Morgan fingerprint density at radius 2 is 1.95 bits per heavy atom. The van der Waals surface area contributed by atoms with E-state index < -0.39 is 18.0 Å². The maximum atomic E-state index is 12.2. The van der Waals surface area contributed by atoms with Crippen molar-refractivity contribution >= 4 is 17.7 Å². The van der Waals surface area contributed by atoms with Crippen LogP contribution in [0, 0.1) is 5.92 Å². The van der Waals surface area contributed by atoms with Crippen molar-refractivity contribution in [2.45, 2.75) is 26.3 Å². The zero-order valence-corrected chi connectivity index (χ0v) is 11.8. The molecule has 110 valence electrons. The molecule has 20 heavy (non-hydrogen) atoms. The van der Waals surface area contributed by atoms with Crippen molar-refractivity contribution in [1.29, 1.82) is 0 Å². The molecule has 0 aliphatic heterocycles. The van der Waals surface area contributed by atoms with E-state index in [1.807, 2.05) is 13.8 Å². The molecule has 6 heteroatoms. The SMILES string of the molecule is COC(=O)NC(CC(C)C)C(=O)Nc1ccccc1O. The van der Waals surface area contributed by atoms with E-state index in [1.54, 1.807) is 18.2 Å². The Morgan fingerprint density at radius 1 is 1.30 bits per heavy atom. The van der Waals surface area contributed by atoms with E-state index in [0.717, 1.165) is 0 Å². The number of alkyl carbamates (subject to hydrolysis) is 1. The first kappa shape index (κ1) is 15.8. The van der Waals surface area contributed by atoms with Gasteiger partial charge in [0, 0.05) is 0 Å². The van der Waals surface area contributed by atoms with E-state index >= 15 is 0 Å². The molecule has 1 unspecified atom stereocenters. The Labute approximate surface area is 118 Å². The van der Waals surface area contributed by atoms with Gasteiger partial charge in [-0.3, -0.25) is 4.79 Å². The number of amides is 2. The second-order valence-electron chi connectivity index (χ2n) is 4.82. The lowest BCUT2D eigenvalue weighted by molar-refractivity contribution is -0.118. The number of hydrogen-bond acceptors (Lipinski definition) is 4. The summed E-state index contributed by atoms with van der Waals surface area (Å²) in [7, 11) is 1.24. The van der Waals surface area contributed by atoms with Gasteiger partial charge in [-0.1, -0.05) is 26.0 Å². The Bertz CT molecular complexity index is 474. The molecule has 0 aliphatic carbocycles. The maximum absolute atomic E-state index is 12.2. The number of benzene rings is 1. The highest BCUT2D eigenvalue weighted by Gasteiger charge is 2.22. The molecule has 3 N–H and O–H groups in total. The second kappa shape index (κ2) is 7.37. The number of hydrogen-bond donors (Lipinski definition) is 3. The molecule has 0 radical (unpaired) electrons. The van der Waals surface area contributed by atoms with Crippen molar-refractivity contribution in [2.75, 3.05) is 12.4 Å². The van der Waals surface area contributed by atoms with Crippen LogP contribution >= 0.6 is 0 Å². The molecule has 1 aromatic carbocycles. The normalized spacial score (nSPS) is 11.8. The average molecular weight is 280 g/mol. The van der Waals surface area contributed by atoms with Gasteiger partial charge in [0.2, 0.25) is 5.91 Å². The van der Waals surface area contributed by atoms with Crippen LogP contribution in [0.1, 0.15) is 20.3 Å². The quantitative estimate of drug-likeness (QED) is 0.721. The molecule has 0 saturated heterocycles. The van der Waals surface area contributed by atoms with Crippen LogP contribution in [0.4, 0.5) is 10.5 Å². The van der Waals surface area contributed by atoms with Gasteiger partial charge in [-0.15, -0.1) is 0 Å². The molecule has 0 aliphatic rings. The summed E-state index contributed by atoms with van der Waals surface area (Å²) >= 11 is 0. The van der Waals surface area contributed by atoms with Crippen molar-refractivity contribution in [2.24, 2.45) is 5.92 Å². The Morgan fingerprint density at radius 3 is 2.50 bits per heavy atom. The summed E-state index contributed by atoms with van der Waals surface area (Å²) in [4.78, 5) is 23.4. The third-order valence-electron chi connectivity index (χ3n) is 2.66. The van der Waals surface area contributed by atoms with Crippen LogP contribution in [0.5, 0.6) is 5.75 Å². The number of methoxy groups -OCH3 is 1. The predicted molar refractivity (Wildman–Crippen MR) is 75.5 cm³/mol. The number of phenolic OH excluding ortho intramolecular Hbond substituents is 1.